The van der Waals surface area contributed by atoms with E-state index in [1.54, 1.807) is 13.8 Å². The first-order valence-electron chi connectivity index (χ1n) is 6.16. The third-order valence-electron chi connectivity index (χ3n) is 4.43. The molecule has 0 spiro atoms. The van der Waals surface area contributed by atoms with E-state index in [2.05, 4.69) is 5.32 Å². The van der Waals surface area contributed by atoms with Gasteiger partial charge in [-0.25, -0.2) is 0 Å². The van der Waals surface area contributed by atoms with Crippen LogP contribution in [0.25, 0.3) is 0 Å². The molecule has 0 aromatic rings. The standard InChI is InChI=1S/C13H25NO3/c1-7-13(6,11(16)17)12(4,5)9(3)10(15)14-8-2/h9H,7-8H2,1-6H3,(H,14,15)(H,16,17)/t9-,13+/m0/s1. The Labute approximate surface area is 104 Å². The number of hydrogen-bond donors (Lipinski definition) is 2. The van der Waals surface area contributed by atoms with Gasteiger partial charge in [-0.2, -0.15) is 0 Å². The number of aliphatic carboxylic acids is 1. The summed E-state index contributed by atoms with van der Waals surface area (Å²) in [6.07, 6.45) is 0.499. The van der Waals surface area contributed by atoms with Gasteiger partial charge in [0.25, 0.3) is 0 Å². The maximum Gasteiger partial charge on any atom is 0.309 e. The maximum atomic E-state index is 11.9. The van der Waals surface area contributed by atoms with Gasteiger partial charge in [-0.1, -0.05) is 27.7 Å². The average Bonchev–Trinajstić information content (AvgIpc) is 2.26. The van der Waals surface area contributed by atoms with Crippen LogP contribution in [0.2, 0.25) is 0 Å². The number of amides is 1. The van der Waals surface area contributed by atoms with Crippen LogP contribution in [0, 0.1) is 16.7 Å². The highest BCUT2D eigenvalue weighted by Crippen LogP contribution is 2.47. The second-order valence-electron chi connectivity index (χ2n) is 5.33. The summed E-state index contributed by atoms with van der Waals surface area (Å²) in [5.41, 5.74) is -1.51. The summed E-state index contributed by atoms with van der Waals surface area (Å²) in [5, 5.41) is 12.2. The summed E-state index contributed by atoms with van der Waals surface area (Å²) in [5.74, 6) is -1.27. The molecular weight excluding hydrogens is 218 g/mol. The summed E-state index contributed by atoms with van der Waals surface area (Å²) in [6, 6.07) is 0. The molecule has 0 unspecified atom stereocenters. The second kappa shape index (κ2) is 5.52. The van der Waals surface area contributed by atoms with Crippen molar-refractivity contribution in [3.8, 4) is 0 Å². The SMILES string of the molecule is CCNC(=O)[C@H](C)C(C)(C)[C@](C)(CC)C(=O)O. The van der Waals surface area contributed by atoms with E-state index >= 15 is 0 Å². The zero-order valence-electron chi connectivity index (χ0n) is 11.8. The molecule has 1 amide bonds. The fourth-order valence-electron chi connectivity index (χ4n) is 2.02. The fourth-order valence-corrected chi connectivity index (χ4v) is 2.02. The molecular formula is C13H25NO3. The normalized spacial score (nSPS) is 17.1. The van der Waals surface area contributed by atoms with Crippen molar-refractivity contribution in [3.63, 3.8) is 0 Å². The molecule has 0 bridgehead atoms. The number of nitrogens with one attached hydrogen (secondary N) is 1. The van der Waals surface area contributed by atoms with Crippen LogP contribution in [0.15, 0.2) is 0 Å². The first-order chi connectivity index (χ1) is 7.65. The van der Waals surface area contributed by atoms with Gasteiger partial charge >= 0.3 is 5.97 Å². The van der Waals surface area contributed by atoms with Crippen LogP contribution in [0.1, 0.15) is 48.0 Å². The van der Waals surface area contributed by atoms with Crippen LogP contribution < -0.4 is 5.32 Å². The predicted octanol–water partition coefficient (Wildman–Crippen LogP) is 2.29. The molecule has 4 nitrogen and oxygen atoms in total. The predicted molar refractivity (Wildman–Crippen MR) is 67.7 cm³/mol. The monoisotopic (exact) mass is 243 g/mol. The average molecular weight is 243 g/mol. The summed E-state index contributed by atoms with van der Waals surface area (Å²) in [6.45, 7) is 11.5. The van der Waals surface area contributed by atoms with Crippen molar-refractivity contribution >= 4 is 11.9 Å². The van der Waals surface area contributed by atoms with Gasteiger partial charge < -0.3 is 10.4 Å². The zero-order valence-corrected chi connectivity index (χ0v) is 11.8. The fraction of sp³-hybridized carbons (Fsp3) is 0.846. The zero-order chi connectivity index (χ0) is 13.9. The van der Waals surface area contributed by atoms with Gasteiger partial charge in [-0.15, -0.1) is 0 Å². The first-order valence-corrected chi connectivity index (χ1v) is 6.16. The Morgan fingerprint density at radius 2 is 1.71 bits per heavy atom. The minimum atomic E-state index is -0.905. The third-order valence-corrected chi connectivity index (χ3v) is 4.43. The van der Waals surface area contributed by atoms with Gasteiger partial charge in [0.15, 0.2) is 0 Å². The van der Waals surface area contributed by atoms with Gasteiger partial charge in [0.1, 0.15) is 0 Å². The van der Waals surface area contributed by atoms with Crippen molar-refractivity contribution in [2.75, 3.05) is 6.54 Å². The number of carboxylic acids is 1. The lowest BCUT2D eigenvalue weighted by atomic mass is 9.59. The minimum Gasteiger partial charge on any atom is -0.481 e. The van der Waals surface area contributed by atoms with Crippen LogP contribution in [0.5, 0.6) is 0 Å². The molecule has 0 saturated heterocycles. The molecule has 100 valence electrons. The largest absolute Gasteiger partial charge is 0.481 e. The van der Waals surface area contributed by atoms with Crippen LogP contribution in [0.3, 0.4) is 0 Å². The van der Waals surface area contributed by atoms with Crippen LogP contribution in [0.4, 0.5) is 0 Å². The van der Waals surface area contributed by atoms with Crippen molar-refractivity contribution in [1.29, 1.82) is 0 Å². The lowest BCUT2D eigenvalue weighted by Crippen LogP contribution is -2.50. The molecule has 0 radical (unpaired) electrons. The molecule has 0 heterocycles. The van der Waals surface area contributed by atoms with Crippen LogP contribution in [-0.2, 0) is 9.59 Å². The van der Waals surface area contributed by atoms with E-state index in [1.807, 2.05) is 27.7 Å². The molecule has 2 N–H and O–H groups in total. The van der Waals surface area contributed by atoms with Crippen molar-refractivity contribution < 1.29 is 14.7 Å². The third kappa shape index (κ3) is 2.79. The number of carboxylic acid groups (broad SMARTS) is 1. The highest BCUT2D eigenvalue weighted by Gasteiger charge is 2.50. The second-order valence-corrected chi connectivity index (χ2v) is 5.33. The summed E-state index contributed by atoms with van der Waals surface area (Å²) in [4.78, 5) is 23.3. The molecule has 0 aliphatic heterocycles. The number of rotatable bonds is 6. The van der Waals surface area contributed by atoms with Crippen LogP contribution in [-0.4, -0.2) is 23.5 Å². The van der Waals surface area contributed by atoms with E-state index in [9.17, 15) is 14.7 Å². The maximum absolute atomic E-state index is 11.9. The minimum absolute atomic E-state index is 0.0848. The molecule has 0 aliphatic rings. The van der Waals surface area contributed by atoms with Gasteiger partial charge in [-0.3, -0.25) is 9.59 Å². The van der Waals surface area contributed by atoms with E-state index in [1.165, 1.54) is 0 Å². The van der Waals surface area contributed by atoms with Crippen molar-refractivity contribution in [2.24, 2.45) is 16.7 Å². The lowest BCUT2D eigenvalue weighted by Gasteiger charge is -2.44. The quantitative estimate of drug-likeness (QED) is 0.752. The molecule has 0 aromatic carbocycles. The molecule has 0 aromatic heterocycles. The summed E-state index contributed by atoms with van der Waals surface area (Å²) < 4.78 is 0. The Morgan fingerprint density at radius 3 is 2.00 bits per heavy atom. The molecule has 0 rings (SSSR count). The number of carbonyl (C=O) groups is 2. The highest BCUT2D eigenvalue weighted by molar-refractivity contribution is 5.82. The molecule has 0 saturated carbocycles. The summed E-state index contributed by atoms with van der Waals surface area (Å²) in [7, 11) is 0. The molecule has 0 aliphatic carbocycles. The van der Waals surface area contributed by atoms with Gasteiger partial charge in [0.05, 0.1) is 5.41 Å². The summed E-state index contributed by atoms with van der Waals surface area (Å²) >= 11 is 0. The lowest BCUT2D eigenvalue weighted by molar-refractivity contribution is -0.160. The van der Waals surface area contributed by atoms with Crippen molar-refractivity contribution in [2.45, 2.75) is 48.0 Å². The smallest absolute Gasteiger partial charge is 0.309 e. The Hall–Kier alpha value is -1.06. The Morgan fingerprint density at radius 1 is 1.24 bits per heavy atom. The number of carbonyl (C=O) groups excluding carboxylic acids is 1. The molecule has 4 heteroatoms. The topological polar surface area (TPSA) is 66.4 Å². The first kappa shape index (κ1) is 15.9. The van der Waals surface area contributed by atoms with E-state index in [4.69, 9.17) is 0 Å². The van der Waals surface area contributed by atoms with Crippen molar-refractivity contribution in [1.82, 2.24) is 5.32 Å². The molecule has 17 heavy (non-hydrogen) atoms. The Balaban J connectivity index is 5.23. The van der Waals surface area contributed by atoms with E-state index < -0.39 is 16.8 Å². The van der Waals surface area contributed by atoms with Gasteiger partial charge in [-0.05, 0) is 25.7 Å². The van der Waals surface area contributed by atoms with Crippen molar-refractivity contribution in [3.05, 3.63) is 0 Å². The van der Waals surface area contributed by atoms with E-state index in [0.717, 1.165) is 0 Å². The van der Waals surface area contributed by atoms with Gasteiger partial charge in [0, 0.05) is 12.5 Å². The van der Waals surface area contributed by atoms with E-state index in [0.29, 0.717) is 13.0 Å². The Kier molecular flexibility index (Phi) is 5.17. The Bertz CT molecular complexity index is 299. The highest BCUT2D eigenvalue weighted by atomic mass is 16.4. The molecule has 2 atom stereocenters. The molecule has 0 fully saturated rings. The van der Waals surface area contributed by atoms with E-state index in [-0.39, 0.29) is 11.8 Å². The van der Waals surface area contributed by atoms with Gasteiger partial charge in [0.2, 0.25) is 5.91 Å². The number of hydrogen-bond acceptors (Lipinski definition) is 2. The van der Waals surface area contributed by atoms with Crippen LogP contribution >= 0.6 is 0 Å².